The van der Waals surface area contributed by atoms with Gasteiger partial charge in [0.1, 0.15) is 11.9 Å². The second kappa shape index (κ2) is 9.69. The molecule has 5 rings (SSSR count). The molecule has 0 unspecified atom stereocenters. The van der Waals surface area contributed by atoms with E-state index >= 15 is 0 Å². The van der Waals surface area contributed by atoms with Gasteiger partial charge in [-0.05, 0) is 37.5 Å². The number of likely N-dealkylation sites (tertiary alicyclic amines) is 1. The molecule has 3 aromatic rings. The van der Waals surface area contributed by atoms with Crippen LogP contribution in [-0.2, 0) is 24.2 Å². The van der Waals surface area contributed by atoms with E-state index in [9.17, 15) is 0 Å². The van der Waals surface area contributed by atoms with Gasteiger partial charge in [0.25, 0.3) is 0 Å². The summed E-state index contributed by atoms with van der Waals surface area (Å²) < 4.78 is 14.8. The van der Waals surface area contributed by atoms with Crippen LogP contribution in [0.1, 0.15) is 35.7 Å². The summed E-state index contributed by atoms with van der Waals surface area (Å²) in [6.07, 6.45) is 8.45. The first-order valence-corrected chi connectivity index (χ1v) is 12.1. The van der Waals surface area contributed by atoms with Gasteiger partial charge in [-0.1, -0.05) is 17.7 Å². The van der Waals surface area contributed by atoms with Crippen LogP contribution in [0.25, 0.3) is 0 Å². The molecule has 0 amide bonds. The van der Waals surface area contributed by atoms with Gasteiger partial charge in [0.2, 0.25) is 5.88 Å². The Labute approximate surface area is 191 Å². The maximum Gasteiger partial charge on any atom is 0.213 e. The summed E-state index contributed by atoms with van der Waals surface area (Å²) in [6.45, 7) is 4.69. The molecule has 2 aliphatic rings. The summed E-state index contributed by atoms with van der Waals surface area (Å²) in [5.41, 5.74) is 1.01. The lowest BCUT2D eigenvalue weighted by molar-refractivity contribution is -0.0598. The molecular formula is C23H27ClN4O2S. The highest BCUT2D eigenvalue weighted by Gasteiger charge is 2.24. The molecule has 0 radical (unpaired) electrons. The van der Waals surface area contributed by atoms with E-state index in [-0.39, 0.29) is 6.10 Å². The zero-order valence-corrected chi connectivity index (χ0v) is 19.0. The molecule has 0 aromatic carbocycles. The van der Waals surface area contributed by atoms with Crippen molar-refractivity contribution in [2.24, 2.45) is 0 Å². The van der Waals surface area contributed by atoms with Gasteiger partial charge in [-0.15, -0.1) is 11.3 Å². The van der Waals surface area contributed by atoms with E-state index in [0.717, 1.165) is 80.2 Å². The molecule has 164 valence electrons. The zero-order valence-electron chi connectivity index (χ0n) is 17.5. The molecule has 0 spiro atoms. The van der Waals surface area contributed by atoms with Gasteiger partial charge in [-0.25, -0.2) is 9.97 Å². The Morgan fingerprint density at radius 1 is 1.16 bits per heavy atom. The highest BCUT2D eigenvalue weighted by atomic mass is 35.5. The molecule has 31 heavy (non-hydrogen) atoms. The Hall–Kier alpha value is -1.93. The van der Waals surface area contributed by atoms with Crippen molar-refractivity contribution in [3.8, 4) is 5.88 Å². The summed E-state index contributed by atoms with van der Waals surface area (Å²) in [4.78, 5) is 13.0. The second-order valence-electron chi connectivity index (χ2n) is 8.22. The number of aromatic nitrogens is 3. The Balaban J connectivity index is 1.11. The summed E-state index contributed by atoms with van der Waals surface area (Å²) in [5, 5.41) is 0. The number of thiophene rings is 1. The first-order chi connectivity index (χ1) is 15.2. The molecule has 3 aromatic heterocycles. The second-order valence-corrected chi connectivity index (χ2v) is 10.0. The van der Waals surface area contributed by atoms with Gasteiger partial charge in [-0.2, -0.15) is 0 Å². The highest BCUT2D eigenvalue weighted by molar-refractivity contribution is 7.16. The zero-order chi connectivity index (χ0) is 21.0. The van der Waals surface area contributed by atoms with Gasteiger partial charge in [0.15, 0.2) is 0 Å². The van der Waals surface area contributed by atoms with Crippen LogP contribution in [0.4, 0.5) is 0 Å². The van der Waals surface area contributed by atoms with E-state index in [0.29, 0.717) is 6.10 Å². The van der Waals surface area contributed by atoms with E-state index in [4.69, 9.17) is 26.1 Å². The summed E-state index contributed by atoms with van der Waals surface area (Å²) in [6, 6.07) is 10.0. The normalized spacial score (nSPS) is 20.0. The van der Waals surface area contributed by atoms with Crippen LogP contribution in [0.5, 0.6) is 5.88 Å². The fourth-order valence-corrected chi connectivity index (χ4v) is 5.21. The molecule has 8 heteroatoms. The van der Waals surface area contributed by atoms with E-state index in [1.165, 1.54) is 4.88 Å². The van der Waals surface area contributed by atoms with Crippen LogP contribution >= 0.6 is 22.9 Å². The molecule has 2 saturated heterocycles. The van der Waals surface area contributed by atoms with E-state index < -0.39 is 0 Å². The molecule has 5 heterocycles. The maximum absolute atomic E-state index is 6.22. The number of imidazole rings is 1. The van der Waals surface area contributed by atoms with Gasteiger partial charge in [0, 0.05) is 55.1 Å². The molecule has 0 saturated carbocycles. The minimum atomic E-state index is 0.207. The molecule has 6 nitrogen and oxygen atoms in total. The van der Waals surface area contributed by atoms with Crippen molar-refractivity contribution in [3.63, 3.8) is 0 Å². The maximum atomic E-state index is 6.22. The summed E-state index contributed by atoms with van der Waals surface area (Å²) >= 11 is 7.64. The number of ether oxygens (including phenoxy) is 2. The SMILES string of the molecule is Clc1ccc(Cc2cccc(OC3CCN(Cc4nccn4C[C@@H]4CCO4)CC3)n2)s1. The van der Waals surface area contributed by atoms with Crippen LogP contribution in [0.2, 0.25) is 4.34 Å². The number of hydrogen-bond donors (Lipinski definition) is 0. The van der Waals surface area contributed by atoms with Crippen molar-refractivity contribution in [2.75, 3.05) is 19.7 Å². The predicted octanol–water partition coefficient (Wildman–Crippen LogP) is 4.42. The number of halogens is 1. The Morgan fingerprint density at radius 3 is 2.77 bits per heavy atom. The van der Waals surface area contributed by atoms with Crippen molar-refractivity contribution in [3.05, 3.63) is 63.5 Å². The fourth-order valence-electron chi connectivity index (χ4n) is 4.11. The van der Waals surface area contributed by atoms with E-state index in [2.05, 4.69) is 26.7 Å². The van der Waals surface area contributed by atoms with Crippen LogP contribution in [-0.4, -0.2) is 51.3 Å². The Kier molecular flexibility index (Phi) is 6.55. The summed E-state index contributed by atoms with van der Waals surface area (Å²) in [7, 11) is 0. The third-order valence-corrected chi connectivity index (χ3v) is 7.18. The standard InChI is InChI=1S/C23H27ClN4O2S/c24-21-5-4-20(31-21)14-17-2-1-3-23(26-17)30-18-6-10-27(11-7-18)16-22-25-9-12-28(22)15-19-8-13-29-19/h1-5,9,12,18-19H,6-8,10-11,13-16H2/t19-/m0/s1. The smallest absolute Gasteiger partial charge is 0.213 e. The highest BCUT2D eigenvalue weighted by Crippen LogP contribution is 2.25. The van der Waals surface area contributed by atoms with Crippen LogP contribution in [0, 0.1) is 0 Å². The fraction of sp³-hybridized carbons (Fsp3) is 0.478. The molecule has 2 aliphatic heterocycles. The minimum Gasteiger partial charge on any atom is -0.474 e. The Morgan fingerprint density at radius 2 is 2.03 bits per heavy atom. The monoisotopic (exact) mass is 458 g/mol. The van der Waals surface area contributed by atoms with Crippen LogP contribution in [0.3, 0.4) is 0 Å². The predicted molar refractivity (Wildman–Crippen MR) is 122 cm³/mol. The van der Waals surface area contributed by atoms with Gasteiger partial charge >= 0.3 is 0 Å². The number of hydrogen-bond acceptors (Lipinski definition) is 6. The van der Waals surface area contributed by atoms with Gasteiger partial charge in [-0.3, -0.25) is 4.90 Å². The van der Waals surface area contributed by atoms with E-state index in [1.807, 2.05) is 30.5 Å². The van der Waals surface area contributed by atoms with Gasteiger partial charge in [0.05, 0.1) is 23.5 Å². The minimum absolute atomic E-state index is 0.207. The number of nitrogens with zero attached hydrogens (tertiary/aromatic N) is 4. The molecular weight excluding hydrogens is 432 g/mol. The van der Waals surface area contributed by atoms with Crippen molar-refractivity contribution in [1.82, 2.24) is 19.4 Å². The first kappa shape index (κ1) is 20.9. The third kappa shape index (κ3) is 5.47. The average Bonchev–Trinajstić information content (AvgIpc) is 3.35. The van der Waals surface area contributed by atoms with Crippen molar-refractivity contribution in [1.29, 1.82) is 0 Å². The quantitative estimate of drug-likeness (QED) is 0.500. The molecule has 0 N–H and O–H groups in total. The first-order valence-electron chi connectivity index (χ1n) is 10.9. The molecule has 1 atom stereocenters. The lowest BCUT2D eigenvalue weighted by Gasteiger charge is -2.32. The average molecular weight is 459 g/mol. The topological polar surface area (TPSA) is 52.4 Å². The molecule has 0 bridgehead atoms. The lowest BCUT2D eigenvalue weighted by Crippen LogP contribution is -2.39. The van der Waals surface area contributed by atoms with Gasteiger partial charge < -0.3 is 14.0 Å². The third-order valence-electron chi connectivity index (χ3n) is 5.95. The van der Waals surface area contributed by atoms with Crippen molar-refractivity contribution < 1.29 is 9.47 Å². The largest absolute Gasteiger partial charge is 0.474 e. The number of rotatable bonds is 8. The van der Waals surface area contributed by atoms with Crippen LogP contribution in [0.15, 0.2) is 42.7 Å². The Bertz CT molecular complexity index is 995. The number of piperidine rings is 1. The number of pyridine rings is 1. The molecule has 0 aliphatic carbocycles. The lowest BCUT2D eigenvalue weighted by atomic mass is 10.1. The van der Waals surface area contributed by atoms with E-state index in [1.54, 1.807) is 11.3 Å². The molecule has 2 fully saturated rings. The summed E-state index contributed by atoms with van der Waals surface area (Å²) in [5.74, 6) is 1.84. The van der Waals surface area contributed by atoms with Crippen molar-refractivity contribution >= 4 is 22.9 Å². The van der Waals surface area contributed by atoms with Crippen LogP contribution < -0.4 is 4.74 Å². The van der Waals surface area contributed by atoms with Crippen molar-refractivity contribution in [2.45, 2.75) is 51.0 Å².